The zero-order chi connectivity index (χ0) is 13.5. The molecular weight excluding hydrogens is 259 g/mol. The van der Waals surface area contributed by atoms with Crippen molar-refractivity contribution in [2.24, 2.45) is 0 Å². The maximum absolute atomic E-state index is 13.5. The molecule has 1 atom stereocenters. The van der Waals surface area contributed by atoms with Crippen molar-refractivity contribution in [3.8, 4) is 0 Å². The van der Waals surface area contributed by atoms with Crippen LogP contribution in [0.5, 0.6) is 0 Å². The average Bonchev–Trinajstić information content (AvgIpc) is 2.46. The summed E-state index contributed by atoms with van der Waals surface area (Å²) in [7, 11) is 1.93. The number of pyridine rings is 1. The Morgan fingerprint density at radius 1 is 1.26 bits per heavy atom. The van der Waals surface area contributed by atoms with Crippen molar-refractivity contribution in [3.05, 3.63) is 60.2 Å². The van der Waals surface area contributed by atoms with E-state index < -0.39 is 0 Å². The van der Waals surface area contributed by atoms with Gasteiger partial charge >= 0.3 is 0 Å². The number of likely N-dealkylation sites (N-methyl/N-ethyl adjacent to an activating group) is 1. The summed E-state index contributed by atoms with van der Waals surface area (Å²) in [5.41, 5.74) is 1.19. The van der Waals surface area contributed by atoms with Gasteiger partial charge in [0.05, 0.1) is 0 Å². The second-order valence-electron chi connectivity index (χ2n) is 4.29. The number of hydrogen-bond acceptors (Lipinski definition) is 3. The van der Waals surface area contributed by atoms with E-state index in [4.69, 9.17) is 0 Å². The summed E-state index contributed by atoms with van der Waals surface area (Å²) in [6, 6.07) is 11.2. The summed E-state index contributed by atoms with van der Waals surface area (Å²) in [6.07, 6.45) is 4.54. The molecule has 1 N–H and O–H groups in total. The van der Waals surface area contributed by atoms with Gasteiger partial charge in [-0.15, -0.1) is 11.8 Å². The van der Waals surface area contributed by atoms with Crippen LogP contribution in [0.25, 0.3) is 0 Å². The molecule has 1 unspecified atom stereocenters. The second-order valence-corrected chi connectivity index (χ2v) is 5.35. The Morgan fingerprint density at radius 2 is 2.11 bits per heavy atom. The van der Waals surface area contributed by atoms with Gasteiger partial charge in [0.15, 0.2) is 0 Å². The van der Waals surface area contributed by atoms with Crippen LogP contribution < -0.4 is 5.32 Å². The van der Waals surface area contributed by atoms with E-state index in [9.17, 15) is 4.39 Å². The topological polar surface area (TPSA) is 24.9 Å². The SMILES string of the molecule is CNC(CSc1ccccc1F)Cc1cccnc1. The molecule has 2 nitrogen and oxygen atoms in total. The Morgan fingerprint density at radius 3 is 2.79 bits per heavy atom. The molecule has 19 heavy (non-hydrogen) atoms. The van der Waals surface area contributed by atoms with Crippen LogP contribution in [0.2, 0.25) is 0 Å². The van der Waals surface area contributed by atoms with E-state index in [-0.39, 0.29) is 5.82 Å². The highest BCUT2D eigenvalue weighted by Crippen LogP contribution is 2.22. The summed E-state index contributed by atoms with van der Waals surface area (Å²) >= 11 is 1.54. The zero-order valence-electron chi connectivity index (χ0n) is 10.8. The maximum Gasteiger partial charge on any atom is 0.136 e. The van der Waals surface area contributed by atoms with Gasteiger partial charge in [0.2, 0.25) is 0 Å². The van der Waals surface area contributed by atoms with Crippen molar-refractivity contribution < 1.29 is 4.39 Å². The fourth-order valence-corrected chi connectivity index (χ4v) is 2.85. The van der Waals surface area contributed by atoms with Crippen LogP contribution >= 0.6 is 11.8 Å². The van der Waals surface area contributed by atoms with Crippen molar-refractivity contribution in [1.29, 1.82) is 0 Å². The molecular formula is C15H17FN2S. The quantitative estimate of drug-likeness (QED) is 0.820. The van der Waals surface area contributed by atoms with Crippen molar-refractivity contribution in [1.82, 2.24) is 10.3 Å². The standard InChI is InChI=1S/C15H17FN2S/c1-17-13(9-12-5-4-8-18-10-12)11-19-15-7-3-2-6-14(15)16/h2-8,10,13,17H,9,11H2,1H3. The minimum Gasteiger partial charge on any atom is -0.316 e. The number of hydrogen-bond donors (Lipinski definition) is 1. The number of rotatable bonds is 6. The highest BCUT2D eigenvalue weighted by molar-refractivity contribution is 7.99. The van der Waals surface area contributed by atoms with Crippen molar-refractivity contribution in [2.75, 3.05) is 12.8 Å². The highest BCUT2D eigenvalue weighted by atomic mass is 32.2. The molecule has 0 aliphatic heterocycles. The molecule has 0 saturated carbocycles. The summed E-state index contributed by atoms with van der Waals surface area (Å²) in [5, 5.41) is 3.27. The van der Waals surface area contributed by atoms with Gasteiger partial charge < -0.3 is 5.32 Å². The van der Waals surface area contributed by atoms with Gasteiger partial charge in [-0.3, -0.25) is 4.98 Å². The van der Waals surface area contributed by atoms with Gasteiger partial charge in [-0.25, -0.2) is 4.39 Å². The summed E-state index contributed by atoms with van der Waals surface area (Å²) in [6.45, 7) is 0. The van der Waals surface area contributed by atoms with Gasteiger partial charge in [0.1, 0.15) is 5.82 Å². The Labute approximate surface area is 117 Å². The summed E-state index contributed by atoms with van der Waals surface area (Å²) in [4.78, 5) is 4.81. The van der Waals surface area contributed by atoms with Crippen LogP contribution in [-0.4, -0.2) is 23.8 Å². The first-order valence-electron chi connectivity index (χ1n) is 6.23. The predicted octanol–water partition coefficient (Wildman–Crippen LogP) is 3.14. The minimum absolute atomic E-state index is 0.149. The number of thioether (sulfide) groups is 1. The minimum atomic E-state index is -0.149. The molecule has 2 rings (SSSR count). The first kappa shape index (κ1) is 14.0. The molecule has 0 aliphatic carbocycles. The van der Waals surface area contributed by atoms with Gasteiger partial charge in [0, 0.05) is 29.1 Å². The molecule has 0 fully saturated rings. The highest BCUT2D eigenvalue weighted by Gasteiger charge is 2.09. The number of halogens is 1. The summed E-state index contributed by atoms with van der Waals surface area (Å²) < 4.78 is 13.5. The lowest BCUT2D eigenvalue weighted by Crippen LogP contribution is -2.30. The first-order valence-corrected chi connectivity index (χ1v) is 7.21. The lowest BCUT2D eigenvalue weighted by molar-refractivity contribution is 0.598. The van der Waals surface area contributed by atoms with E-state index in [2.05, 4.69) is 16.4 Å². The molecule has 2 aromatic rings. The smallest absolute Gasteiger partial charge is 0.136 e. The van der Waals surface area contributed by atoms with E-state index in [0.717, 1.165) is 12.2 Å². The lowest BCUT2D eigenvalue weighted by atomic mass is 10.1. The van der Waals surface area contributed by atoms with E-state index >= 15 is 0 Å². The predicted molar refractivity (Wildman–Crippen MR) is 77.9 cm³/mol. The van der Waals surface area contributed by atoms with Crippen LogP contribution in [0.1, 0.15) is 5.56 Å². The van der Waals surface area contributed by atoms with Gasteiger partial charge in [0.25, 0.3) is 0 Å². The molecule has 1 aromatic carbocycles. The molecule has 0 radical (unpaired) electrons. The number of nitrogens with one attached hydrogen (secondary N) is 1. The molecule has 0 amide bonds. The number of nitrogens with zero attached hydrogens (tertiary/aromatic N) is 1. The Bertz CT molecular complexity index is 505. The van der Waals surface area contributed by atoms with Gasteiger partial charge in [-0.05, 0) is 37.2 Å². The van der Waals surface area contributed by atoms with Crippen LogP contribution in [-0.2, 0) is 6.42 Å². The first-order chi connectivity index (χ1) is 9.29. The number of aromatic nitrogens is 1. The molecule has 1 aromatic heterocycles. The van der Waals surface area contributed by atoms with Crippen LogP contribution in [0.15, 0.2) is 53.7 Å². The van der Waals surface area contributed by atoms with Crippen molar-refractivity contribution >= 4 is 11.8 Å². The van der Waals surface area contributed by atoms with Gasteiger partial charge in [-0.2, -0.15) is 0 Å². The zero-order valence-corrected chi connectivity index (χ0v) is 11.7. The van der Waals surface area contributed by atoms with Crippen LogP contribution in [0.4, 0.5) is 4.39 Å². The average molecular weight is 276 g/mol. The fourth-order valence-electron chi connectivity index (χ4n) is 1.80. The van der Waals surface area contributed by atoms with Crippen molar-refractivity contribution in [3.63, 3.8) is 0 Å². The molecule has 100 valence electrons. The fraction of sp³-hybridized carbons (Fsp3) is 0.267. The maximum atomic E-state index is 13.5. The van der Waals surface area contributed by atoms with Gasteiger partial charge in [-0.1, -0.05) is 18.2 Å². The number of benzene rings is 1. The molecule has 0 saturated heterocycles. The largest absolute Gasteiger partial charge is 0.316 e. The third-order valence-electron chi connectivity index (χ3n) is 2.89. The summed E-state index contributed by atoms with van der Waals surface area (Å²) in [5.74, 6) is 0.676. The third-order valence-corrected chi connectivity index (χ3v) is 4.10. The molecule has 4 heteroatoms. The van der Waals surface area contributed by atoms with Crippen LogP contribution in [0.3, 0.4) is 0 Å². The molecule has 0 aliphatic rings. The normalized spacial score (nSPS) is 12.3. The lowest BCUT2D eigenvalue weighted by Gasteiger charge is -2.15. The van der Waals surface area contributed by atoms with Crippen molar-refractivity contribution in [2.45, 2.75) is 17.4 Å². The van der Waals surface area contributed by atoms with E-state index in [1.165, 1.54) is 11.6 Å². The van der Waals surface area contributed by atoms with E-state index in [0.29, 0.717) is 10.9 Å². The Hall–Kier alpha value is -1.39. The third kappa shape index (κ3) is 4.33. The van der Waals surface area contributed by atoms with E-state index in [1.54, 1.807) is 24.0 Å². The Balaban J connectivity index is 1.91. The molecule has 0 spiro atoms. The Kier molecular flexibility index (Phi) is 5.36. The molecule has 1 heterocycles. The monoisotopic (exact) mass is 276 g/mol. The van der Waals surface area contributed by atoms with Crippen LogP contribution in [0, 0.1) is 5.82 Å². The second kappa shape index (κ2) is 7.26. The van der Waals surface area contributed by atoms with E-state index in [1.807, 2.05) is 31.4 Å². The molecule has 0 bridgehead atoms.